The number of anilines is 1. The predicted molar refractivity (Wildman–Crippen MR) is 121 cm³/mol. The topological polar surface area (TPSA) is 52.6 Å². The van der Waals surface area contributed by atoms with Crippen molar-refractivity contribution in [1.82, 2.24) is 4.90 Å². The second-order valence-corrected chi connectivity index (χ2v) is 9.29. The molecule has 1 saturated heterocycles. The number of benzene rings is 2. The number of amides is 1. The number of thioether (sulfide) groups is 1. The quantitative estimate of drug-likeness (QED) is 0.592. The minimum absolute atomic E-state index is 0.0153. The zero-order valence-corrected chi connectivity index (χ0v) is 17.9. The van der Waals surface area contributed by atoms with Crippen molar-refractivity contribution in [3.05, 3.63) is 64.0 Å². The average molecular weight is 429 g/mol. The van der Waals surface area contributed by atoms with Gasteiger partial charge in [-0.05, 0) is 55.2 Å². The minimum atomic E-state index is -0.178. The van der Waals surface area contributed by atoms with E-state index in [9.17, 15) is 9.90 Å². The van der Waals surface area contributed by atoms with Gasteiger partial charge >= 0.3 is 0 Å². The minimum Gasteiger partial charge on any atom is -0.507 e. The van der Waals surface area contributed by atoms with Crippen LogP contribution in [0.2, 0.25) is 5.02 Å². The van der Waals surface area contributed by atoms with Crippen LogP contribution in [0.3, 0.4) is 0 Å². The smallest absolute Gasteiger partial charge is 0.262 e. The second-order valence-electron chi connectivity index (χ2n) is 7.73. The van der Waals surface area contributed by atoms with Crippen LogP contribution in [0.5, 0.6) is 5.75 Å². The molecule has 0 bridgehead atoms. The monoisotopic (exact) mass is 428 g/mol. The molecule has 152 valence electrons. The van der Waals surface area contributed by atoms with Crippen LogP contribution < -0.4 is 5.32 Å². The molecular formula is C23H25ClN2O2S. The van der Waals surface area contributed by atoms with Gasteiger partial charge in [0, 0.05) is 22.3 Å². The third-order valence-corrected chi connectivity index (χ3v) is 7.05. The van der Waals surface area contributed by atoms with Gasteiger partial charge in [0.2, 0.25) is 0 Å². The number of hydrogen-bond acceptors (Lipinski definition) is 4. The lowest BCUT2D eigenvalue weighted by atomic mass is 9.85. The van der Waals surface area contributed by atoms with E-state index in [0.717, 1.165) is 24.9 Å². The fourth-order valence-corrected chi connectivity index (χ4v) is 5.53. The Bertz CT molecular complexity index is 918. The molecule has 4 rings (SSSR count). The van der Waals surface area contributed by atoms with E-state index < -0.39 is 0 Å². The van der Waals surface area contributed by atoms with Gasteiger partial charge in [-0.25, -0.2) is 0 Å². The summed E-state index contributed by atoms with van der Waals surface area (Å²) in [7, 11) is 0. The van der Waals surface area contributed by atoms with Crippen molar-refractivity contribution in [1.29, 1.82) is 0 Å². The third-order valence-electron chi connectivity index (χ3n) is 5.70. The van der Waals surface area contributed by atoms with Crippen molar-refractivity contribution in [2.24, 2.45) is 5.92 Å². The van der Waals surface area contributed by atoms with E-state index >= 15 is 0 Å². The van der Waals surface area contributed by atoms with Crippen molar-refractivity contribution >= 4 is 41.0 Å². The fourth-order valence-electron chi connectivity index (χ4n) is 4.15. The van der Waals surface area contributed by atoms with Gasteiger partial charge < -0.3 is 15.3 Å². The van der Waals surface area contributed by atoms with Crippen LogP contribution in [0.1, 0.15) is 38.2 Å². The van der Waals surface area contributed by atoms with Crippen LogP contribution >= 0.6 is 23.4 Å². The Kier molecular flexibility index (Phi) is 6.07. The molecule has 1 heterocycles. The number of carbonyl (C=O) groups excluding carboxylic acids is 1. The lowest BCUT2D eigenvalue weighted by Gasteiger charge is -2.39. The van der Waals surface area contributed by atoms with Crippen LogP contribution in [-0.2, 0) is 4.79 Å². The van der Waals surface area contributed by atoms with Crippen LogP contribution in [-0.4, -0.2) is 27.5 Å². The molecule has 6 heteroatoms. The van der Waals surface area contributed by atoms with Gasteiger partial charge in [-0.2, -0.15) is 0 Å². The first-order valence-electron chi connectivity index (χ1n) is 10.0. The molecule has 1 saturated carbocycles. The van der Waals surface area contributed by atoms with E-state index in [2.05, 4.69) is 12.2 Å². The Morgan fingerprint density at radius 3 is 2.69 bits per heavy atom. The summed E-state index contributed by atoms with van der Waals surface area (Å²) in [6.45, 7) is 2.24. The van der Waals surface area contributed by atoms with Gasteiger partial charge in [-0.3, -0.25) is 4.79 Å². The molecular weight excluding hydrogens is 404 g/mol. The summed E-state index contributed by atoms with van der Waals surface area (Å²) in [5.74, 6) is 0.598. The lowest BCUT2D eigenvalue weighted by molar-refractivity contribution is -0.129. The van der Waals surface area contributed by atoms with E-state index in [4.69, 9.17) is 11.6 Å². The normalized spacial score (nSPS) is 26.1. The fraction of sp³-hybridized carbons (Fsp3) is 0.348. The molecule has 1 aliphatic carbocycles. The molecule has 1 unspecified atom stereocenters. The highest BCUT2D eigenvalue weighted by molar-refractivity contribution is 8.05. The third kappa shape index (κ3) is 4.41. The highest BCUT2D eigenvalue weighted by atomic mass is 35.5. The number of phenolic OH excluding ortho intramolecular Hbond substituents is 1. The summed E-state index contributed by atoms with van der Waals surface area (Å²) in [4.78, 5) is 16.1. The Hall–Kier alpha value is -2.11. The number of nitrogens with one attached hydrogen (secondary N) is 1. The van der Waals surface area contributed by atoms with Crippen LogP contribution in [0.15, 0.2) is 53.4 Å². The molecule has 1 amide bonds. The number of phenols is 1. The maximum Gasteiger partial charge on any atom is 0.262 e. The number of nitrogens with zero attached hydrogens (tertiary/aromatic N) is 1. The van der Waals surface area contributed by atoms with E-state index in [-0.39, 0.29) is 23.2 Å². The molecule has 4 nitrogen and oxygen atoms in total. The van der Waals surface area contributed by atoms with E-state index in [0.29, 0.717) is 21.4 Å². The molecule has 2 aromatic carbocycles. The summed E-state index contributed by atoms with van der Waals surface area (Å²) in [5.41, 5.74) is 1.37. The molecule has 2 N–H and O–H groups in total. The molecule has 2 aromatic rings. The van der Waals surface area contributed by atoms with Crippen LogP contribution in [0.25, 0.3) is 6.08 Å². The molecule has 1 aliphatic heterocycles. The van der Waals surface area contributed by atoms with E-state index in [1.54, 1.807) is 24.3 Å². The molecule has 29 heavy (non-hydrogen) atoms. The van der Waals surface area contributed by atoms with Gasteiger partial charge in [0.05, 0.1) is 4.91 Å². The number of carbonyl (C=O) groups is 1. The lowest BCUT2D eigenvalue weighted by Crippen LogP contribution is -2.48. The zero-order valence-electron chi connectivity index (χ0n) is 16.3. The van der Waals surface area contributed by atoms with E-state index in [1.807, 2.05) is 35.2 Å². The SMILES string of the molecule is C[C@H]1CCCC[C@H]1N1C(=O)/C(=C/c2cc(Cl)ccc2O)SC1Nc1ccccc1. The van der Waals surface area contributed by atoms with Gasteiger partial charge in [0.15, 0.2) is 5.50 Å². The van der Waals surface area contributed by atoms with Gasteiger partial charge in [0.25, 0.3) is 5.91 Å². The van der Waals surface area contributed by atoms with Gasteiger partial charge in [-0.1, -0.05) is 61.3 Å². The molecule has 2 fully saturated rings. The highest BCUT2D eigenvalue weighted by Crippen LogP contribution is 2.42. The first-order chi connectivity index (χ1) is 14.0. The molecule has 2 aliphatic rings. The van der Waals surface area contributed by atoms with Crippen LogP contribution in [0.4, 0.5) is 5.69 Å². The largest absolute Gasteiger partial charge is 0.507 e. The molecule has 0 aromatic heterocycles. The summed E-state index contributed by atoms with van der Waals surface area (Å²) in [6.07, 6.45) is 6.29. The molecule has 0 radical (unpaired) electrons. The van der Waals surface area contributed by atoms with Crippen molar-refractivity contribution in [3.63, 3.8) is 0 Å². The Labute approximate surface area is 180 Å². The summed E-state index contributed by atoms with van der Waals surface area (Å²) < 4.78 is 0. The average Bonchev–Trinajstić information content (AvgIpc) is 3.01. The summed E-state index contributed by atoms with van der Waals surface area (Å²) >= 11 is 7.59. The Morgan fingerprint density at radius 1 is 1.17 bits per heavy atom. The maximum absolute atomic E-state index is 13.4. The van der Waals surface area contributed by atoms with Crippen molar-refractivity contribution in [2.45, 2.75) is 44.1 Å². The predicted octanol–water partition coefficient (Wildman–Crippen LogP) is 5.94. The standard InChI is InChI=1S/C23H25ClN2O2S/c1-15-7-5-6-10-19(15)26-22(28)21(14-16-13-17(24)11-12-20(16)27)29-23(26)25-18-8-3-2-4-9-18/h2-4,8-9,11-15,19,23,25,27H,5-7,10H2,1H3/b21-14-/t15-,19+,23?/m0/s1. The van der Waals surface area contributed by atoms with Crippen LogP contribution in [0, 0.1) is 5.92 Å². The number of hydrogen-bond donors (Lipinski definition) is 2. The van der Waals surface area contributed by atoms with Crippen molar-refractivity contribution in [3.8, 4) is 5.75 Å². The maximum atomic E-state index is 13.4. The summed E-state index contributed by atoms with van der Waals surface area (Å²) in [5, 5.41) is 14.2. The number of para-hydroxylation sites is 1. The van der Waals surface area contributed by atoms with E-state index in [1.165, 1.54) is 18.2 Å². The zero-order chi connectivity index (χ0) is 20.4. The Balaban J connectivity index is 1.67. The molecule has 3 atom stereocenters. The van der Waals surface area contributed by atoms with Gasteiger partial charge in [-0.15, -0.1) is 0 Å². The number of halogens is 1. The number of aromatic hydroxyl groups is 1. The first-order valence-corrected chi connectivity index (χ1v) is 11.3. The molecule has 0 spiro atoms. The highest BCUT2D eigenvalue weighted by Gasteiger charge is 2.42. The Morgan fingerprint density at radius 2 is 1.93 bits per heavy atom. The first kappa shape index (κ1) is 20.2. The number of rotatable bonds is 4. The van der Waals surface area contributed by atoms with Gasteiger partial charge in [0.1, 0.15) is 5.75 Å². The van der Waals surface area contributed by atoms with Crippen molar-refractivity contribution < 1.29 is 9.90 Å². The van der Waals surface area contributed by atoms with Crippen molar-refractivity contribution in [2.75, 3.05) is 5.32 Å². The second kappa shape index (κ2) is 8.72. The summed E-state index contributed by atoms with van der Waals surface area (Å²) in [6, 6.07) is 15.1.